The van der Waals surface area contributed by atoms with Crippen LogP contribution in [0, 0.1) is 0 Å². The van der Waals surface area contributed by atoms with Crippen LogP contribution in [-0.4, -0.2) is 24.0 Å². The topological polar surface area (TPSA) is 84.9 Å². The zero-order valence-electron chi connectivity index (χ0n) is 4.29. The molecule has 0 aliphatic heterocycles. The molecule has 0 aromatic rings. The lowest BCUT2D eigenvalue weighted by Crippen LogP contribution is -2.22. The highest BCUT2D eigenvalue weighted by atomic mass is 16.6. The second-order valence-corrected chi connectivity index (χ2v) is 0.964. The Morgan fingerprint density at radius 3 is 2.50 bits per heavy atom. The number of carboxylic acid groups (broad SMARTS) is 1. The largest absolute Gasteiger partial charge is 0.475 e. The van der Waals surface area contributed by atoms with Crippen molar-refractivity contribution in [3.8, 4) is 0 Å². The molecule has 0 bridgehead atoms. The molecule has 0 radical (unpaired) electrons. The zero-order valence-corrected chi connectivity index (χ0v) is 4.29. The summed E-state index contributed by atoms with van der Waals surface area (Å²) in [5.41, 5.74) is 4.75. The minimum atomic E-state index is -1.29. The first kappa shape index (κ1) is 6.74. The maximum Gasteiger partial charge on any atom is 0.374 e. The van der Waals surface area contributed by atoms with Crippen LogP contribution in [0.2, 0.25) is 0 Å². The lowest BCUT2D eigenvalue weighted by molar-refractivity contribution is -0.129. The van der Waals surface area contributed by atoms with E-state index in [0.29, 0.717) is 0 Å². The molecule has 0 saturated heterocycles. The number of hydrogen-bond acceptors (Lipinski definition) is 3. The van der Waals surface area contributed by atoms with Gasteiger partial charge in [-0.2, -0.15) is 0 Å². The molecule has 3 N–H and O–H groups in total. The van der Waals surface area contributed by atoms with Crippen LogP contribution in [0.5, 0.6) is 0 Å². The zero-order chi connectivity index (χ0) is 6.57. The summed E-state index contributed by atoms with van der Waals surface area (Å²) in [5, 5.41) is 10.9. The Morgan fingerprint density at radius 2 is 2.38 bits per heavy atom. The summed E-state index contributed by atoms with van der Waals surface area (Å²) in [4.78, 5) is 13.8. The van der Waals surface area contributed by atoms with Crippen LogP contribution in [0.25, 0.3) is 0 Å². The second kappa shape index (κ2) is 2.84. The number of nitrogens with zero attached hydrogens (tertiary/aromatic N) is 1. The first-order chi connectivity index (χ1) is 3.68. The van der Waals surface area contributed by atoms with Crippen LogP contribution >= 0.6 is 0 Å². The number of carboxylic acids is 1. The summed E-state index contributed by atoms with van der Waals surface area (Å²) in [7, 11) is 1.22. The van der Waals surface area contributed by atoms with Crippen molar-refractivity contribution in [3.05, 3.63) is 0 Å². The van der Waals surface area contributed by atoms with E-state index in [0.717, 1.165) is 0 Å². The fourth-order valence-electron chi connectivity index (χ4n) is 0.137. The number of amidine groups is 1. The van der Waals surface area contributed by atoms with Crippen molar-refractivity contribution in [2.75, 3.05) is 7.11 Å². The van der Waals surface area contributed by atoms with Gasteiger partial charge in [0.05, 0.1) is 0 Å². The summed E-state index contributed by atoms with van der Waals surface area (Å²) in [6.07, 6.45) is 0. The van der Waals surface area contributed by atoms with Gasteiger partial charge >= 0.3 is 5.97 Å². The summed E-state index contributed by atoms with van der Waals surface area (Å²) in [6.45, 7) is 0. The summed E-state index contributed by atoms with van der Waals surface area (Å²) >= 11 is 0. The number of aliphatic carboxylic acids is 1. The first-order valence-electron chi connectivity index (χ1n) is 1.78. The Morgan fingerprint density at radius 1 is 1.88 bits per heavy atom. The van der Waals surface area contributed by atoms with Crippen molar-refractivity contribution < 1.29 is 14.7 Å². The molecule has 0 rings (SSSR count). The molecule has 0 aromatic carbocycles. The Kier molecular flexibility index (Phi) is 2.39. The van der Waals surface area contributed by atoms with Gasteiger partial charge in [-0.15, -0.1) is 0 Å². The van der Waals surface area contributed by atoms with Crippen LogP contribution in [-0.2, 0) is 9.63 Å². The molecule has 0 aromatic heterocycles. The number of rotatable bonds is 1. The Hall–Kier alpha value is -1.26. The molecule has 8 heavy (non-hydrogen) atoms. The van der Waals surface area contributed by atoms with Gasteiger partial charge in [0.2, 0.25) is 5.84 Å². The van der Waals surface area contributed by atoms with Gasteiger partial charge in [-0.25, -0.2) is 4.79 Å². The number of oxime groups is 1. The smallest absolute Gasteiger partial charge is 0.374 e. The summed E-state index contributed by atoms with van der Waals surface area (Å²) in [6, 6.07) is 0. The lowest BCUT2D eigenvalue weighted by Gasteiger charge is -1.87. The quantitative estimate of drug-likeness (QED) is 0.262. The van der Waals surface area contributed by atoms with E-state index in [9.17, 15) is 4.79 Å². The predicted molar refractivity (Wildman–Crippen MR) is 26.3 cm³/mol. The van der Waals surface area contributed by atoms with Gasteiger partial charge in [-0.05, 0) is 0 Å². The fourth-order valence-corrected chi connectivity index (χ4v) is 0.137. The van der Waals surface area contributed by atoms with E-state index in [2.05, 4.69) is 9.99 Å². The van der Waals surface area contributed by atoms with Crippen LogP contribution in [0.4, 0.5) is 0 Å². The third-order valence-corrected chi connectivity index (χ3v) is 0.409. The van der Waals surface area contributed by atoms with Crippen molar-refractivity contribution in [1.82, 2.24) is 0 Å². The van der Waals surface area contributed by atoms with Gasteiger partial charge in [-0.3, -0.25) is 0 Å². The third kappa shape index (κ3) is 2.01. The first-order valence-corrected chi connectivity index (χ1v) is 1.78. The van der Waals surface area contributed by atoms with Gasteiger partial charge in [0.1, 0.15) is 7.11 Å². The summed E-state index contributed by atoms with van der Waals surface area (Å²) < 4.78 is 0. The molecule has 0 unspecified atom stereocenters. The molecule has 0 fully saturated rings. The summed E-state index contributed by atoms with van der Waals surface area (Å²) in [5.74, 6) is -1.83. The number of carbonyl (C=O) groups is 1. The van der Waals surface area contributed by atoms with Gasteiger partial charge in [0, 0.05) is 0 Å². The number of hydrogen-bond donors (Lipinski definition) is 2. The minimum Gasteiger partial charge on any atom is -0.475 e. The molecule has 0 heterocycles. The van der Waals surface area contributed by atoms with Gasteiger partial charge in [-0.1, -0.05) is 5.16 Å². The Balaban J connectivity index is 3.80. The lowest BCUT2D eigenvalue weighted by atomic mass is 10.6. The van der Waals surface area contributed by atoms with E-state index in [4.69, 9.17) is 10.8 Å². The maximum absolute atomic E-state index is 9.75. The van der Waals surface area contributed by atoms with E-state index in [-0.39, 0.29) is 0 Å². The van der Waals surface area contributed by atoms with E-state index < -0.39 is 11.8 Å². The Labute approximate surface area is 45.7 Å². The molecular weight excluding hydrogens is 112 g/mol. The molecule has 0 aliphatic rings. The maximum atomic E-state index is 9.75. The average molecular weight is 118 g/mol. The Bertz CT molecular complexity index is 120. The van der Waals surface area contributed by atoms with Crippen molar-refractivity contribution in [2.45, 2.75) is 0 Å². The highest BCUT2D eigenvalue weighted by Gasteiger charge is 2.00. The molecule has 0 aliphatic carbocycles. The van der Waals surface area contributed by atoms with Gasteiger partial charge in [0.25, 0.3) is 0 Å². The minimum absolute atomic E-state index is 0.549. The van der Waals surface area contributed by atoms with Crippen molar-refractivity contribution in [3.63, 3.8) is 0 Å². The van der Waals surface area contributed by atoms with Crippen LogP contribution in [0.1, 0.15) is 0 Å². The standard InChI is InChI=1S/C3H6N2O3/c1-8-5-2(4)3(6)7/h1H3,(H2,4,5)(H,6,7). The van der Waals surface area contributed by atoms with E-state index >= 15 is 0 Å². The van der Waals surface area contributed by atoms with E-state index in [1.54, 1.807) is 0 Å². The van der Waals surface area contributed by atoms with E-state index in [1.165, 1.54) is 7.11 Å². The average Bonchev–Trinajstić information content (AvgIpc) is 1.67. The SMILES string of the molecule is CO/N=C(\N)C(=O)O. The highest BCUT2D eigenvalue weighted by Crippen LogP contribution is 1.68. The fraction of sp³-hybridized carbons (Fsp3) is 0.333. The third-order valence-electron chi connectivity index (χ3n) is 0.409. The van der Waals surface area contributed by atoms with Crippen LogP contribution in [0.3, 0.4) is 0 Å². The van der Waals surface area contributed by atoms with E-state index in [1.807, 2.05) is 0 Å². The molecule has 0 atom stereocenters. The monoisotopic (exact) mass is 118 g/mol. The van der Waals surface area contributed by atoms with Crippen LogP contribution in [0.15, 0.2) is 5.16 Å². The normalized spacial score (nSPS) is 10.9. The van der Waals surface area contributed by atoms with Gasteiger partial charge in [0.15, 0.2) is 0 Å². The molecule has 0 amide bonds. The van der Waals surface area contributed by atoms with Crippen molar-refractivity contribution in [1.29, 1.82) is 0 Å². The second-order valence-electron chi connectivity index (χ2n) is 0.964. The van der Waals surface area contributed by atoms with Gasteiger partial charge < -0.3 is 15.7 Å². The molecule has 0 spiro atoms. The molecule has 5 heteroatoms. The predicted octanol–water partition coefficient (Wildman–Crippen LogP) is -1.01. The van der Waals surface area contributed by atoms with Crippen molar-refractivity contribution in [2.24, 2.45) is 10.9 Å². The van der Waals surface area contributed by atoms with Crippen LogP contribution < -0.4 is 5.73 Å². The molecule has 0 saturated carbocycles. The number of nitrogens with two attached hydrogens (primary N) is 1. The highest BCUT2D eigenvalue weighted by molar-refractivity contribution is 6.33. The van der Waals surface area contributed by atoms with Crippen molar-refractivity contribution >= 4 is 11.8 Å². The molecular formula is C3H6N2O3. The molecule has 5 nitrogen and oxygen atoms in total. The molecule has 46 valence electrons.